The van der Waals surface area contributed by atoms with Crippen molar-refractivity contribution in [2.45, 2.75) is 45.6 Å². The van der Waals surface area contributed by atoms with Gasteiger partial charge in [-0.25, -0.2) is 14.5 Å². The van der Waals surface area contributed by atoms with E-state index in [1.54, 1.807) is 0 Å². The third kappa shape index (κ3) is 4.37. The molecule has 0 bridgehead atoms. The number of piperidine rings is 1. The lowest BCUT2D eigenvalue weighted by atomic mass is 9.98. The van der Waals surface area contributed by atoms with Crippen LogP contribution in [0.4, 0.5) is 0 Å². The van der Waals surface area contributed by atoms with E-state index < -0.39 is 0 Å². The topological polar surface area (TPSA) is 72.9 Å². The van der Waals surface area contributed by atoms with E-state index in [2.05, 4.69) is 58.3 Å². The zero-order valence-electron chi connectivity index (χ0n) is 18.2. The Morgan fingerprint density at radius 2 is 2.00 bits per heavy atom. The second-order valence-corrected chi connectivity index (χ2v) is 8.76. The van der Waals surface area contributed by atoms with E-state index in [9.17, 15) is 0 Å². The molecule has 0 amide bonds. The van der Waals surface area contributed by atoms with Gasteiger partial charge in [-0.3, -0.25) is 4.68 Å². The second-order valence-electron chi connectivity index (χ2n) is 8.76. The number of aromatic nitrogens is 6. The highest BCUT2D eigenvalue weighted by Crippen LogP contribution is 2.25. The molecule has 4 aromatic rings. The normalized spacial score (nSPS) is 15.2. The van der Waals surface area contributed by atoms with Gasteiger partial charge in [0.2, 0.25) is 0 Å². The number of nitrogens with zero attached hydrogens (tertiary/aromatic N) is 6. The maximum Gasteiger partial charge on any atom is 0.134 e. The Balaban J connectivity index is 1.34. The van der Waals surface area contributed by atoms with E-state index in [0.717, 1.165) is 47.9 Å². The lowest BCUT2D eigenvalue weighted by Gasteiger charge is -2.22. The summed E-state index contributed by atoms with van der Waals surface area (Å²) in [4.78, 5) is 9.33. The first-order valence-electron chi connectivity index (χ1n) is 11.2. The first kappa shape index (κ1) is 19.9. The Morgan fingerprint density at radius 3 is 2.84 bits per heavy atom. The third-order valence-corrected chi connectivity index (χ3v) is 6.11. The molecule has 7 heteroatoms. The molecule has 0 saturated carbocycles. The molecule has 0 aromatic carbocycles. The van der Waals surface area contributed by atoms with Crippen molar-refractivity contribution in [3.8, 4) is 11.3 Å². The van der Waals surface area contributed by atoms with Gasteiger partial charge in [-0.1, -0.05) is 13.8 Å². The maximum atomic E-state index is 4.83. The lowest BCUT2D eigenvalue weighted by molar-refractivity contribution is 0.320. The monoisotopic (exact) mass is 415 g/mol. The number of fused-ring (bicyclic) bond motifs is 1. The molecule has 4 aromatic heterocycles. The molecule has 31 heavy (non-hydrogen) atoms. The van der Waals surface area contributed by atoms with Gasteiger partial charge in [-0.05, 0) is 62.0 Å². The van der Waals surface area contributed by atoms with Crippen molar-refractivity contribution < 1.29 is 0 Å². The molecule has 0 atom stereocenters. The molecule has 0 unspecified atom stereocenters. The van der Waals surface area contributed by atoms with Crippen LogP contribution >= 0.6 is 0 Å². The fraction of sp³-hybridized carbons (Fsp3) is 0.417. The molecule has 0 spiro atoms. The summed E-state index contributed by atoms with van der Waals surface area (Å²) in [6, 6.07) is 8.28. The number of hydrogen-bond acceptors (Lipinski definition) is 5. The molecule has 1 saturated heterocycles. The Morgan fingerprint density at radius 1 is 1.13 bits per heavy atom. The van der Waals surface area contributed by atoms with Crippen molar-refractivity contribution in [1.82, 2.24) is 34.7 Å². The predicted molar refractivity (Wildman–Crippen MR) is 121 cm³/mol. The van der Waals surface area contributed by atoms with Crippen LogP contribution in [-0.4, -0.2) is 42.5 Å². The van der Waals surface area contributed by atoms with Crippen LogP contribution in [0, 0.1) is 5.92 Å². The van der Waals surface area contributed by atoms with E-state index in [1.165, 1.54) is 18.4 Å². The summed E-state index contributed by atoms with van der Waals surface area (Å²) in [5, 5.41) is 12.7. The zero-order valence-corrected chi connectivity index (χ0v) is 18.2. The molecular weight excluding hydrogens is 386 g/mol. The average molecular weight is 416 g/mol. The van der Waals surface area contributed by atoms with Crippen molar-refractivity contribution in [1.29, 1.82) is 0 Å². The molecule has 5 rings (SSSR count). The maximum absolute atomic E-state index is 4.83. The van der Waals surface area contributed by atoms with Crippen molar-refractivity contribution in [2.24, 2.45) is 5.92 Å². The minimum atomic E-state index is 0.425. The smallest absolute Gasteiger partial charge is 0.134 e. The number of pyridine rings is 1. The number of nitrogens with one attached hydrogen (secondary N) is 1. The van der Waals surface area contributed by atoms with Crippen LogP contribution in [0.15, 0.2) is 49.1 Å². The number of hydrogen-bond donors (Lipinski definition) is 1. The summed E-state index contributed by atoms with van der Waals surface area (Å²) in [5.74, 6) is 1.93. The fourth-order valence-electron chi connectivity index (χ4n) is 4.34. The van der Waals surface area contributed by atoms with Crippen LogP contribution in [0.25, 0.3) is 16.8 Å². The molecule has 0 aliphatic carbocycles. The van der Waals surface area contributed by atoms with Crippen LogP contribution < -0.4 is 5.32 Å². The zero-order chi connectivity index (χ0) is 21.2. The summed E-state index contributed by atoms with van der Waals surface area (Å²) < 4.78 is 4.01. The predicted octanol–water partition coefficient (Wildman–Crippen LogP) is 3.70. The van der Waals surface area contributed by atoms with Gasteiger partial charge < -0.3 is 5.32 Å². The van der Waals surface area contributed by atoms with Crippen molar-refractivity contribution >= 4 is 5.52 Å². The van der Waals surface area contributed by atoms with Gasteiger partial charge >= 0.3 is 0 Å². The average Bonchev–Trinajstić information content (AvgIpc) is 3.41. The Bertz CT molecular complexity index is 1170. The van der Waals surface area contributed by atoms with E-state index in [4.69, 9.17) is 10.1 Å². The van der Waals surface area contributed by atoms with E-state index in [-0.39, 0.29) is 0 Å². The summed E-state index contributed by atoms with van der Waals surface area (Å²) in [6.07, 6.45) is 11.0. The van der Waals surface area contributed by atoms with Crippen LogP contribution in [-0.2, 0) is 13.0 Å². The summed E-state index contributed by atoms with van der Waals surface area (Å²) in [7, 11) is 0. The molecule has 1 N–H and O–H groups in total. The first-order chi connectivity index (χ1) is 15.2. The van der Waals surface area contributed by atoms with Crippen LogP contribution in [0.3, 0.4) is 0 Å². The van der Waals surface area contributed by atoms with Crippen molar-refractivity contribution in [3.63, 3.8) is 0 Å². The van der Waals surface area contributed by atoms with E-state index >= 15 is 0 Å². The summed E-state index contributed by atoms with van der Waals surface area (Å²) in [5.41, 5.74) is 5.40. The highest BCUT2D eigenvalue weighted by molar-refractivity contribution is 5.68. The molecule has 0 radical (unpaired) electrons. The standard InChI is InChI=1S/C24H29N7/c1-17(2)21-15-27-31-12-6-19(13-23(21)31)22-5-10-26-24(28-22)14-20-7-11-30(29-20)16-18-3-8-25-9-4-18/h5-7,10-13,15,17-18,25H,3-4,8-9,14,16H2,1-2H3. The highest BCUT2D eigenvalue weighted by Gasteiger charge is 2.15. The fourth-order valence-corrected chi connectivity index (χ4v) is 4.34. The minimum absolute atomic E-state index is 0.425. The van der Waals surface area contributed by atoms with E-state index in [1.807, 2.05) is 29.2 Å². The van der Waals surface area contributed by atoms with Gasteiger partial charge in [0.1, 0.15) is 5.82 Å². The van der Waals surface area contributed by atoms with Crippen LogP contribution in [0.2, 0.25) is 0 Å². The van der Waals surface area contributed by atoms with Crippen LogP contribution in [0.5, 0.6) is 0 Å². The highest BCUT2D eigenvalue weighted by atomic mass is 15.3. The molecular formula is C24H29N7. The quantitative estimate of drug-likeness (QED) is 0.520. The van der Waals surface area contributed by atoms with E-state index in [0.29, 0.717) is 18.3 Å². The van der Waals surface area contributed by atoms with Gasteiger partial charge in [0.25, 0.3) is 0 Å². The van der Waals surface area contributed by atoms with Gasteiger partial charge in [0, 0.05) is 36.3 Å². The Labute approximate surface area is 182 Å². The summed E-state index contributed by atoms with van der Waals surface area (Å²) in [6.45, 7) is 7.60. The molecule has 160 valence electrons. The Kier molecular flexibility index (Phi) is 5.51. The van der Waals surface area contributed by atoms with Crippen molar-refractivity contribution in [3.05, 3.63) is 66.1 Å². The molecule has 1 aliphatic heterocycles. The summed E-state index contributed by atoms with van der Waals surface area (Å²) >= 11 is 0. The van der Waals surface area contributed by atoms with Gasteiger partial charge in [0.05, 0.1) is 29.5 Å². The molecule has 1 fully saturated rings. The van der Waals surface area contributed by atoms with Crippen LogP contribution in [0.1, 0.15) is 49.7 Å². The largest absolute Gasteiger partial charge is 0.317 e. The minimum Gasteiger partial charge on any atom is -0.317 e. The second kappa shape index (κ2) is 8.59. The first-order valence-corrected chi connectivity index (χ1v) is 11.2. The number of rotatable bonds is 6. The Hall–Kier alpha value is -3.06. The van der Waals surface area contributed by atoms with Gasteiger partial charge in [-0.15, -0.1) is 0 Å². The molecule has 1 aliphatic rings. The molecule has 5 heterocycles. The van der Waals surface area contributed by atoms with Crippen molar-refractivity contribution in [2.75, 3.05) is 13.1 Å². The van der Waals surface area contributed by atoms with Gasteiger partial charge in [0.15, 0.2) is 0 Å². The molecule has 7 nitrogen and oxygen atoms in total. The lowest BCUT2D eigenvalue weighted by Crippen LogP contribution is -2.30. The van der Waals surface area contributed by atoms with Gasteiger partial charge in [-0.2, -0.15) is 10.2 Å². The SMILES string of the molecule is CC(C)c1cnn2ccc(-c3ccnc(Cc4ccn(CC5CCNCC5)n4)n3)cc12. The third-order valence-electron chi connectivity index (χ3n) is 6.11.